The summed E-state index contributed by atoms with van der Waals surface area (Å²) in [5.74, 6) is -0.565. The van der Waals surface area contributed by atoms with Gasteiger partial charge in [-0.15, -0.1) is 11.3 Å². The van der Waals surface area contributed by atoms with Crippen LogP contribution in [-0.4, -0.2) is 40.6 Å². The number of aryl methyl sites for hydroxylation is 1. The zero-order valence-electron chi connectivity index (χ0n) is 14.8. The lowest BCUT2D eigenvalue weighted by atomic mass is 9.98. The number of carbonyl (C=O) groups is 2. The van der Waals surface area contributed by atoms with Gasteiger partial charge in [-0.05, 0) is 40.0 Å². The van der Waals surface area contributed by atoms with E-state index in [-0.39, 0.29) is 24.6 Å². The fourth-order valence-electron chi connectivity index (χ4n) is 2.50. The molecule has 2 rings (SSSR count). The van der Waals surface area contributed by atoms with Crippen molar-refractivity contribution >= 4 is 23.4 Å². The Hall–Kier alpha value is -1.63. The molecule has 2 heterocycles. The van der Waals surface area contributed by atoms with Crippen LogP contribution in [0, 0.1) is 5.92 Å². The summed E-state index contributed by atoms with van der Waals surface area (Å²) in [6, 6.07) is 0. The highest BCUT2D eigenvalue weighted by molar-refractivity contribution is 7.09. The Morgan fingerprint density at radius 3 is 2.79 bits per heavy atom. The number of amides is 1. The van der Waals surface area contributed by atoms with Gasteiger partial charge in [-0.25, -0.2) is 9.78 Å². The average Bonchev–Trinajstić information content (AvgIpc) is 2.99. The first kappa shape index (κ1) is 18.7. The molecule has 1 atom stereocenters. The van der Waals surface area contributed by atoms with E-state index in [0.29, 0.717) is 13.1 Å². The monoisotopic (exact) mass is 354 g/mol. The van der Waals surface area contributed by atoms with Crippen molar-refractivity contribution in [1.82, 2.24) is 9.88 Å². The minimum Gasteiger partial charge on any atom is -0.459 e. The van der Waals surface area contributed by atoms with Crippen molar-refractivity contribution in [2.24, 2.45) is 5.92 Å². The van der Waals surface area contributed by atoms with E-state index in [9.17, 15) is 9.59 Å². The summed E-state index contributed by atoms with van der Waals surface area (Å²) < 4.78 is 10.8. The number of ether oxygens (including phenoxy) is 2. The van der Waals surface area contributed by atoms with Crippen LogP contribution in [-0.2, 0) is 27.3 Å². The Balaban J connectivity index is 1.84. The Kier molecular flexibility index (Phi) is 6.21. The molecular weight excluding hydrogens is 328 g/mol. The lowest BCUT2D eigenvalue weighted by Gasteiger charge is -2.33. The number of carbonyl (C=O) groups excluding carboxylic acids is 2. The second kappa shape index (κ2) is 7.96. The number of piperidine rings is 1. The number of thiazole rings is 1. The molecule has 1 unspecified atom stereocenters. The highest BCUT2D eigenvalue weighted by Gasteiger charge is 2.31. The molecule has 0 N–H and O–H groups in total. The summed E-state index contributed by atoms with van der Waals surface area (Å²) in [4.78, 5) is 30.4. The molecule has 1 fully saturated rings. The van der Waals surface area contributed by atoms with Crippen LogP contribution in [0.4, 0.5) is 4.79 Å². The predicted octanol–water partition coefficient (Wildman–Crippen LogP) is 3.40. The van der Waals surface area contributed by atoms with Crippen molar-refractivity contribution in [2.75, 3.05) is 13.1 Å². The first-order chi connectivity index (χ1) is 11.3. The summed E-state index contributed by atoms with van der Waals surface area (Å²) in [5, 5.41) is 2.95. The van der Waals surface area contributed by atoms with Crippen molar-refractivity contribution in [3.05, 3.63) is 16.1 Å². The molecule has 24 heavy (non-hydrogen) atoms. The van der Waals surface area contributed by atoms with Crippen molar-refractivity contribution in [2.45, 2.75) is 59.2 Å². The van der Waals surface area contributed by atoms with Crippen LogP contribution < -0.4 is 0 Å². The van der Waals surface area contributed by atoms with Gasteiger partial charge in [-0.2, -0.15) is 0 Å². The lowest BCUT2D eigenvalue weighted by Crippen LogP contribution is -2.45. The number of hydrogen-bond donors (Lipinski definition) is 0. The van der Waals surface area contributed by atoms with E-state index in [0.717, 1.165) is 30.0 Å². The molecule has 1 aromatic heterocycles. The maximum absolute atomic E-state index is 12.3. The van der Waals surface area contributed by atoms with Crippen molar-refractivity contribution in [3.63, 3.8) is 0 Å². The quantitative estimate of drug-likeness (QED) is 0.775. The first-order valence-electron chi connectivity index (χ1n) is 8.36. The zero-order chi connectivity index (χ0) is 17.7. The topological polar surface area (TPSA) is 68.7 Å². The van der Waals surface area contributed by atoms with Crippen molar-refractivity contribution in [3.8, 4) is 0 Å². The SMILES string of the molecule is CCc1nc(COC(=O)C2CCCN(C(=O)OC(C)(C)C)C2)cs1. The minimum absolute atomic E-state index is 0.193. The lowest BCUT2D eigenvalue weighted by molar-refractivity contribution is -0.151. The summed E-state index contributed by atoms with van der Waals surface area (Å²) >= 11 is 1.57. The van der Waals surface area contributed by atoms with Gasteiger partial charge in [0.2, 0.25) is 0 Å². The summed E-state index contributed by atoms with van der Waals surface area (Å²) in [6.07, 6.45) is 2.02. The summed E-state index contributed by atoms with van der Waals surface area (Å²) in [6.45, 7) is 8.70. The van der Waals surface area contributed by atoms with Gasteiger partial charge in [-0.3, -0.25) is 4.79 Å². The van der Waals surface area contributed by atoms with Gasteiger partial charge in [0, 0.05) is 18.5 Å². The van der Waals surface area contributed by atoms with E-state index in [1.807, 2.05) is 33.1 Å². The normalized spacial score (nSPS) is 18.3. The van der Waals surface area contributed by atoms with E-state index in [1.54, 1.807) is 16.2 Å². The molecule has 0 saturated carbocycles. The third kappa shape index (κ3) is 5.47. The van der Waals surface area contributed by atoms with Crippen LogP contribution in [0.3, 0.4) is 0 Å². The Bertz CT molecular complexity index is 579. The van der Waals surface area contributed by atoms with Gasteiger partial charge in [0.05, 0.1) is 16.6 Å². The fourth-order valence-corrected chi connectivity index (χ4v) is 3.23. The number of esters is 1. The van der Waals surface area contributed by atoms with Crippen LogP contribution in [0.15, 0.2) is 5.38 Å². The Morgan fingerprint density at radius 1 is 1.42 bits per heavy atom. The molecule has 1 saturated heterocycles. The summed E-state index contributed by atoms with van der Waals surface area (Å²) in [7, 11) is 0. The standard InChI is InChI=1S/C17H26N2O4S/c1-5-14-18-13(11-24-14)10-22-15(20)12-7-6-8-19(9-12)16(21)23-17(2,3)4/h11-12H,5-10H2,1-4H3. The molecule has 0 radical (unpaired) electrons. The van der Waals surface area contributed by atoms with E-state index in [4.69, 9.17) is 9.47 Å². The van der Waals surface area contributed by atoms with E-state index in [1.165, 1.54) is 0 Å². The maximum atomic E-state index is 12.3. The fraction of sp³-hybridized carbons (Fsp3) is 0.706. The van der Waals surface area contributed by atoms with E-state index in [2.05, 4.69) is 4.98 Å². The number of likely N-dealkylation sites (tertiary alicyclic amines) is 1. The Morgan fingerprint density at radius 2 is 2.17 bits per heavy atom. The number of nitrogens with zero attached hydrogens (tertiary/aromatic N) is 2. The molecular formula is C17H26N2O4S. The highest BCUT2D eigenvalue weighted by Crippen LogP contribution is 2.21. The third-order valence-corrected chi connectivity index (χ3v) is 4.71. The highest BCUT2D eigenvalue weighted by atomic mass is 32.1. The molecule has 6 nitrogen and oxygen atoms in total. The molecule has 0 aromatic carbocycles. The van der Waals surface area contributed by atoms with Gasteiger partial charge in [0.25, 0.3) is 0 Å². The van der Waals surface area contributed by atoms with Crippen LogP contribution in [0.1, 0.15) is 51.2 Å². The maximum Gasteiger partial charge on any atom is 0.410 e. The molecule has 1 aliphatic rings. The van der Waals surface area contributed by atoms with E-state index < -0.39 is 5.60 Å². The van der Waals surface area contributed by atoms with Crippen LogP contribution in [0.5, 0.6) is 0 Å². The number of aromatic nitrogens is 1. The Labute approximate surface area is 147 Å². The molecule has 1 aromatic rings. The summed E-state index contributed by atoms with van der Waals surface area (Å²) in [5.41, 5.74) is 0.247. The number of hydrogen-bond acceptors (Lipinski definition) is 6. The second-order valence-electron chi connectivity index (χ2n) is 6.96. The van der Waals surface area contributed by atoms with Gasteiger partial charge >= 0.3 is 12.1 Å². The molecule has 0 bridgehead atoms. The molecule has 0 aliphatic carbocycles. The van der Waals surface area contributed by atoms with Gasteiger partial charge in [0.1, 0.15) is 12.2 Å². The molecule has 1 aliphatic heterocycles. The molecule has 0 spiro atoms. The van der Waals surface area contributed by atoms with Crippen LogP contribution in [0.25, 0.3) is 0 Å². The third-order valence-electron chi connectivity index (χ3n) is 3.67. The smallest absolute Gasteiger partial charge is 0.410 e. The largest absolute Gasteiger partial charge is 0.459 e. The van der Waals surface area contributed by atoms with Crippen molar-refractivity contribution < 1.29 is 19.1 Å². The van der Waals surface area contributed by atoms with Gasteiger partial charge < -0.3 is 14.4 Å². The molecule has 7 heteroatoms. The van der Waals surface area contributed by atoms with Gasteiger partial charge in [0.15, 0.2) is 0 Å². The molecule has 134 valence electrons. The minimum atomic E-state index is -0.536. The van der Waals surface area contributed by atoms with Crippen LogP contribution >= 0.6 is 11.3 Å². The average molecular weight is 354 g/mol. The number of rotatable bonds is 4. The van der Waals surface area contributed by atoms with Gasteiger partial charge in [-0.1, -0.05) is 6.92 Å². The predicted molar refractivity (Wildman–Crippen MR) is 91.8 cm³/mol. The van der Waals surface area contributed by atoms with E-state index >= 15 is 0 Å². The van der Waals surface area contributed by atoms with Crippen molar-refractivity contribution in [1.29, 1.82) is 0 Å². The van der Waals surface area contributed by atoms with Crippen LogP contribution in [0.2, 0.25) is 0 Å². The zero-order valence-corrected chi connectivity index (χ0v) is 15.6. The first-order valence-corrected chi connectivity index (χ1v) is 9.24. The molecule has 1 amide bonds. The second-order valence-corrected chi connectivity index (χ2v) is 7.90.